The van der Waals surface area contributed by atoms with Crippen LogP contribution >= 0.6 is 0 Å². The molecule has 31 heavy (non-hydrogen) atoms. The molecule has 162 valence electrons. The molecular weight excluding hydrogens is 396 g/mol. The summed E-state index contributed by atoms with van der Waals surface area (Å²) in [6, 6.07) is 14.5. The van der Waals surface area contributed by atoms with Gasteiger partial charge in [-0.1, -0.05) is 18.2 Å². The third kappa shape index (κ3) is 4.56. The molecule has 1 aliphatic heterocycles. The van der Waals surface area contributed by atoms with Crippen molar-refractivity contribution in [1.82, 2.24) is 9.88 Å². The average molecular weight is 422 g/mol. The number of benzene rings is 2. The lowest BCUT2D eigenvalue weighted by atomic mass is 10.1. The van der Waals surface area contributed by atoms with Gasteiger partial charge in [-0.25, -0.2) is 0 Å². The summed E-state index contributed by atoms with van der Waals surface area (Å²) < 4.78 is 16.4. The summed E-state index contributed by atoms with van der Waals surface area (Å²) >= 11 is 0. The Labute approximate surface area is 180 Å². The summed E-state index contributed by atoms with van der Waals surface area (Å²) in [5.41, 5.74) is 1.57. The molecule has 2 heterocycles. The van der Waals surface area contributed by atoms with Crippen LogP contribution in [0.15, 0.2) is 53.3 Å². The van der Waals surface area contributed by atoms with Gasteiger partial charge in [0.25, 0.3) is 11.5 Å². The average Bonchev–Trinajstić information content (AvgIpc) is 3.31. The van der Waals surface area contributed by atoms with Gasteiger partial charge in [0.05, 0.1) is 26.9 Å². The number of aromatic nitrogens is 1. The molecule has 0 bridgehead atoms. The summed E-state index contributed by atoms with van der Waals surface area (Å²) in [5, 5.41) is 0.924. The molecule has 1 atom stereocenters. The largest absolute Gasteiger partial charge is 0.493 e. The van der Waals surface area contributed by atoms with Crippen molar-refractivity contribution in [2.75, 3.05) is 27.4 Å². The van der Waals surface area contributed by atoms with Gasteiger partial charge in [0.1, 0.15) is 0 Å². The number of rotatable bonds is 7. The third-order valence-electron chi connectivity index (χ3n) is 5.56. The second-order valence-corrected chi connectivity index (χ2v) is 7.60. The highest BCUT2D eigenvalue weighted by Gasteiger charge is 2.25. The Bertz CT molecular complexity index is 1130. The van der Waals surface area contributed by atoms with Crippen molar-refractivity contribution in [2.24, 2.45) is 0 Å². The van der Waals surface area contributed by atoms with Crippen molar-refractivity contribution in [1.29, 1.82) is 0 Å². The van der Waals surface area contributed by atoms with Crippen molar-refractivity contribution in [3.63, 3.8) is 0 Å². The number of pyridine rings is 1. The highest BCUT2D eigenvalue weighted by Crippen LogP contribution is 2.28. The summed E-state index contributed by atoms with van der Waals surface area (Å²) in [6.07, 6.45) is 1.83. The van der Waals surface area contributed by atoms with E-state index >= 15 is 0 Å². The molecule has 0 unspecified atom stereocenters. The molecule has 0 radical (unpaired) electrons. The van der Waals surface area contributed by atoms with Crippen LogP contribution in [0, 0.1) is 0 Å². The van der Waals surface area contributed by atoms with Crippen LogP contribution in [0.25, 0.3) is 10.9 Å². The van der Waals surface area contributed by atoms with Crippen molar-refractivity contribution >= 4 is 16.8 Å². The van der Waals surface area contributed by atoms with Gasteiger partial charge in [0, 0.05) is 29.8 Å². The molecule has 0 aliphatic carbocycles. The van der Waals surface area contributed by atoms with Crippen LogP contribution in [0.5, 0.6) is 11.5 Å². The lowest BCUT2D eigenvalue weighted by Crippen LogP contribution is -2.38. The van der Waals surface area contributed by atoms with E-state index in [1.165, 1.54) is 7.11 Å². The number of amides is 1. The summed E-state index contributed by atoms with van der Waals surface area (Å²) in [4.78, 5) is 30.7. The minimum atomic E-state index is -0.198. The maximum Gasteiger partial charge on any atom is 0.254 e. The lowest BCUT2D eigenvalue weighted by molar-refractivity contribution is 0.0506. The number of aromatic amines is 1. The van der Waals surface area contributed by atoms with Crippen molar-refractivity contribution in [3.8, 4) is 11.5 Å². The maximum absolute atomic E-state index is 13.4. The van der Waals surface area contributed by atoms with Gasteiger partial charge in [-0.2, -0.15) is 0 Å². The van der Waals surface area contributed by atoms with Crippen LogP contribution in [-0.4, -0.2) is 49.3 Å². The lowest BCUT2D eigenvalue weighted by Gasteiger charge is -2.26. The van der Waals surface area contributed by atoms with Crippen LogP contribution in [0.2, 0.25) is 0 Å². The Morgan fingerprint density at radius 3 is 2.68 bits per heavy atom. The van der Waals surface area contributed by atoms with Crippen LogP contribution in [-0.2, 0) is 11.3 Å². The zero-order valence-corrected chi connectivity index (χ0v) is 17.7. The number of carbonyl (C=O) groups is 1. The van der Waals surface area contributed by atoms with E-state index in [-0.39, 0.29) is 24.1 Å². The van der Waals surface area contributed by atoms with Gasteiger partial charge >= 0.3 is 0 Å². The number of nitrogens with zero attached hydrogens (tertiary/aromatic N) is 1. The first-order valence-corrected chi connectivity index (χ1v) is 10.3. The van der Waals surface area contributed by atoms with Crippen LogP contribution in [0.1, 0.15) is 28.8 Å². The quantitative estimate of drug-likeness (QED) is 0.631. The SMILES string of the molecule is COc1ccc(C(=O)N(Cc2cc3ccccc3[nH]c2=O)C[C@H]2CCCO2)cc1OC. The van der Waals surface area contributed by atoms with Gasteiger partial charge in [-0.15, -0.1) is 0 Å². The monoisotopic (exact) mass is 422 g/mol. The number of ether oxygens (including phenoxy) is 3. The molecule has 1 aromatic heterocycles. The van der Waals surface area contributed by atoms with Crippen molar-refractivity contribution in [3.05, 3.63) is 70.0 Å². The summed E-state index contributed by atoms with van der Waals surface area (Å²) in [5.74, 6) is 0.841. The topological polar surface area (TPSA) is 80.9 Å². The zero-order chi connectivity index (χ0) is 21.8. The number of methoxy groups -OCH3 is 2. The predicted octanol–water partition coefficient (Wildman–Crippen LogP) is 3.37. The second-order valence-electron chi connectivity index (χ2n) is 7.60. The molecular formula is C24H26N2O5. The van der Waals surface area contributed by atoms with Gasteiger partial charge in [0.15, 0.2) is 11.5 Å². The fourth-order valence-corrected chi connectivity index (χ4v) is 3.92. The van der Waals surface area contributed by atoms with E-state index in [1.54, 1.807) is 30.2 Å². The molecule has 7 heteroatoms. The number of hydrogen-bond donors (Lipinski definition) is 1. The molecule has 0 spiro atoms. The summed E-state index contributed by atoms with van der Waals surface area (Å²) in [6.45, 7) is 1.30. The zero-order valence-electron chi connectivity index (χ0n) is 17.7. The van der Waals surface area contributed by atoms with E-state index < -0.39 is 0 Å². The van der Waals surface area contributed by atoms with E-state index in [0.717, 1.165) is 23.7 Å². The molecule has 1 amide bonds. The van der Waals surface area contributed by atoms with Gasteiger partial charge in [0.2, 0.25) is 0 Å². The normalized spacial score (nSPS) is 15.7. The number of H-pyrrole nitrogens is 1. The Hall–Kier alpha value is -3.32. The minimum Gasteiger partial charge on any atom is -0.493 e. The van der Waals surface area contributed by atoms with Gasteiger partial charge in [-0.05, 0) is 48.6 Å². The standard InChI is InChI=1S/C24H26N2O5/c1-29-21-10-9-17(13-22(21)30-2)24(28)26(15-19-7-5-11-31-19)14-18-12-16-6-3-4-8-20(16)25-23(18)27/h3-4,6,8-10,12-13,19H,5,7,11,14-15H2,1-2H3,(H,25,27)/t19-/m1/s1. The molecule has 1 fully saturated rings. The molecule has 0 saturated carbocycles. The molecule has 2 aromatic carbocycles. The van der Waals surface area contributed by atoms with E-state index in [9.17, 15) is 9.59 Å². The third-order valence-corrected chi connectivity index (χ3v) is 5.56. The van der Waals surface area contributed by atoms with Gasteiger partial charge < -0.3 is 24.1 Å². The molecule has 3 aromatic rings. The number of hydrogen-bond acceptors (Lipinski definition) is 5. The first-order valence-electron chi connectivity index (χ1n) is 10.3. The van der Waals surface area contributed by atoms with Crippen molar-refractivity contribution in [2.45, 2.75) is 25.5 Å². The van der Waals surface area contributed by atoms with E-state index in [2.05, 4.69) is 4.98 Å². The highest BCUT2D eigenvalue weighted by molar-refractivity contribution is 5.95. The second kappa shape index (κ2) is 9.22. The van der Waals surface area contributed by atoms with Gasteiger partial charge in [-0.3, -0.25) is 9.59 Å². The smallest absolute Gasteiger partial charge is 0.254 e. The summed E-state index contributed by atoms with van der Waals surface area (Å²) in [7, 11) is 3.08. The van der Waals surface area contributed by atoms with E-state index in [1.807, 2.05) is 30.3 Å². The molecule has 7 nitrogen and oxygen atoms in total. The van der Waals surface area contributed by atoms with Crippen LogP contribution in [0.3, 0.4) is 0 Å². The Morgan fingerprint density at radius 1 is 1.13 bits per heavy atom. The first-order chi connectivity index (χ1) is 15.1. The number of nitrogens with one attached hydrogen (secondary N) is 1. The van der Waals surface area contributed by atoms with E-state index in [4.69, 9.17) is 14.2 Å². The number of carbonyl (C=O) groups excluding carboxylic acids is 1. The fraction of sp³-hybridized carbons (Fsp3) is 0.333. The minimum absolute atomic E-state index is 0.0383. The predicted molar refractivity (Wildman–Crippen MR) is 118 cm³/mol. The van der Waals surface area contributed by atoms with Crippen LogP contribution in [0.4, 0.5) is 0 Å². The maximum atomic E-state index is 13.4. The Morgan fingerprint density at radius 2 is 1.94 bits per heavy atom. The van der Waals surface area contributed by atoms with E-state index in [0.29, 0.717) is 35.8 Å². The Kier molecular flexibility index (Phi) is 6.23. The number of fused-ring (bicyclic) bond motifs is 1. The van der Waals surface area contributed by atoms with Crippen molar-refractivity contribution < 1.29 is 19.0 Å². The highest BCUT2D eigenvalue weighted by atomic mass is 16.5. The Balaban J connectivity index is 1.66. The molecule has 1 aliphatic rings. The van der Waals surface area contributed by atoms with Crippen LogP contribution < -0.4 is 15.0 Å². The number of para-hydroxylation sites is 1. The fourth-order valence-electron chi connectivity index (χ4n) is 3.92. The molecule has 1 saturated heterocycles. The molecule has 1 N–H and O–H groups in total. The first kappa shape index (κ1) is 20.9. The molecule has 4 rings (SSSR count).